The van der Waals surface area contributed by atoms with Gasteiger partial charge in [-0.3, -0.25) is 4.79 Å². The third-order valence-electron chi connectivity index (χ3n) is 5.49. The molecule has 0 spiro atoms. The van der Waals surface area contributed by atoms with Gasteiger partial charge in [-0.1, -0.05) is 36.4 Å². The fraction of sp³-hybridized carbons (Fsp3) is 0.381. The van der Waals surface area contributed by atoms with Crippen molar-refractivity contribution >= 4 is 15.9 Å². The molecule has 2 aliphatic rings. The Morgan fingerprint density at radius 3 is 2.33 bits per heavy atom. The average molecular weight is 385 g/mol. The molecule has 0 N–H and O–H groups in total. The molecule has 27 heavy (non-hydrogen) atoms. The van der Waals surface area contributed by atoms with Gasteiger partial charge >= 0.3 is 0 Å². The summed E-state index contributed by atoms with van der Waals surface area (Å²) in [6.45, 7) is 1.56. The first kappa shape index (κ1) is 18.2. The van der Waals surface area contributed by atoms with Crippen LogP contribution < -0.4 is 0 Å². The number of hydrogen-bond donors (Lipinski definition) is 0. The van der Waals surface area contributed by atoms with Crippen LogP contribution in [0.15, 0.2) is 53.4 Å². The number of rotatable bonds is 4. The van der Waals surface area contributed by atoms with Crippen molar-refractivity contribution in [3.63, 3.8) is 0 Å². The Morgan fingerprint density at radius 1 is 0.889 bits per heavy atom. The molecule has 0 unspecified atom stereocenters. The maximum absolute atomic E-state index is 12.7. The van der Waals surface area contributed by atoms with Crippen LogP contribution >= 0.6 is 0 Å². The van der Waals surface area contributed by atoms with Crippen LogP contribution in [0.25, 0.3) is 0 Å². The Labute approximate surface area is 160 Å². The minimum Gasteiger partial charge on any atom is -0.340 e. The van der Waals surface area contributed by atoms with Gasteiger partial charge in [0.1, 0.15) is 0 Å². The standard InChI is InChI=1S/C21H24N2O3S/c24-21(16-17-9-10-18-5-4-6-19(18)15-17)22-11-13-23(14-12-22)27(25,26)20-7-2-1-3-8-20/h1-3,7-10,15H,4-6,11-14,16H2. The molecule has 0 aromatic heterocycles. The summed E-state index contributed by atoms with van der Waals surface area (Å²) in [5, 5.41) is 0. The monoisotopic (exact) mass is 384 g/mol. The number of carbonyl (C=O) groups is 1. The summed E-state index contributed by atoms with van der Waals surface area (Å²) in [6, 6.07) is 14.8. The van der Waals surface area contributed by atoms with E-state index in [-0.39, 0.29) is 5.91 Å². The maximum Gasteiger partial charge on any atom is 0.243 e. The van der Waals surface area contributed by atoms with Crippen molar-refractivity contribution in [2.75, 3.05) is 26.2 Å². The zero-order valence-electron chi connectivity index (χ0n) is 15.3. The fourth-order valence-electron chi connectivity index (χ4n) is 3.94. The Morgan fingerprint density at radius 2 is 1.59 bits per heavy atom. The summed E-state index contributed by atoms with van der Waals surface area (Å²) < 4.78 is 26.8. The van der Waals surface area contributed by atoms with Crippen molar-refractivity contribution in [3.05, 3.63) is 65.2 Å². The zero-order valence-corrected chi connectivity index (χ0v) is 16.1. The second-order valence-electron chi connectivity index (χ2n) is 7.23. The molecule has 1 fully saturated rings. The van der Waals surface area contributed by atoms with Crippen molar-refractivity contribution in [2.45, 2.75) is 30.6 Å². The van der Waals surface area contributed by atoms with E-state index in [0.717, 1.165) is 18.4 Å². The van der Waals surface area contributed by atoms with Gasteiger partial charge in [0.2, 0.25) is 15.9 Å². The average Bonchev–Trinajstić information content (AvgIpc) is 3.16. The number of sulfonamides is 1. The summed E-state index contributed by atoms with van der Waals surface area (Å²) >= 11 is 0. The number of carbonyl (C=O) groups excluding carboxylic acids is 1. The molecule has 0 atom stereocenters. The Hall–Kier alpha value is -2.18. The molecule has 1 aliphatic heterocycles. The number of benzene rings is 2. The molecule has 6 heteroatoms. The van der Waals surface area contributed by atoms with E-state index < -0.39 is 10.0 Å². The van der Waals surface area contributed by atoms with Gasteiger partial charge in [-0.05, 0) is 48.1 Å². The summed E-state index contributed by atoms with van der Waals surface area (Å²) in [7, 11) is -3.48. The smallest absolute Gasteiger partial charge is 0.243 e. The van der Waals surface area contributed by atoms with Gasteiger partial charge < -0.3 is 4.90 Å². The number of piperazine rings is 1. The quantitative estimate of drug-likeness (QED) is 0.812. The first-order valence-corrected chi connectivity index (χ1v) is 10.9. The van der Waals surface area contributed by atoms with Gasteiger partial charge in [0, 0.05) is 26.2 Å². The van der Waals surface area contributed by atoms with Crippen LogP contribution in [-0.2, 0) is 34.1 Å². The summed E-state index contributed by atoms with van der Waals surface area (Å²) in [4.78, 5) is 14.7. The summed E-state index contributed by atoms with van der Waals surface area (Å²) in [5.74, 6) is 0.0738. The lowest BCUT2D eigenvalue weighted by Crippen LogP contribution is -2.50. The molecule has 1 aliphatic carbocycles. The van der Waals surface area contributed by atoms with Gasteiger partial charge in [-0.2, -0.15) is 4.31 Å². The first-order valence-electron chi connectivity index (χ1n) is 9.48. The zero-order chi connectivity index (χ0) is 18.9. The molecule has 5 nitrogen and oxygen atoms in total. The van der Waals surface area contributed by atoms with Gasteiger partial charge in [0.15, 0.2) is 0 Å². The van der Waals surface area contributed by atoms with E-state index in [4.69, 9.17) is 0 Å². The third-order valence-corrected chi connectivity index (χ3v) is 7.40. The second-order valence-corrected chi connectivity index (χ2v) is 9.17. The molecule has 0 saturated carbocycles. The van der Waals surface area contributed by atoms with Crippen LogP contribution in [0.4, 0.5) is 0 Å². The first-order chi connectivity index (χ1) is 13.0. The van der Waals surface area contributed by atoms with Crippen LogP contribution in [0.3, 0.4) is 0 Å². The maximum atomic E-state index is 12.7. The highest BCUT2D eigenvalue weighted by molar-refractivity contribution is 7.89. The van der Waals surface area contributed by atoms with Crippen LogP contribution in [0, 0.1) is 0 Å². The van der Waals surface area contributed by atoms with E-state index in [2.05, 4.69) is 18.2 Å². The van der Waals surface area contributed by atoms with Crippen LogP contribution in [0.1, 0.15) is 23.1 Å². The molecule has 0 radical (unpaired) electrons. The number of nitrogens with zero attached hydrogens (tertiary/aromatic N) is 2. The van der Waals surface area contributed by atoms with E-state index in [1.54, 1.807) is 35.2 Å². The van der Waals surface area contributed by atoms with Crippen LogP contribution in [-0.4, -0.2) is 49.7 Å². The second kappa shape index (κ2) is 7.44. The van der Waals surface area contributed by atoms with E-state index >= 15 is 0 Å². The van der Waals surface area contributed by atoms with Crippen LogP contribution in [0.5, 0.6) is 0 Å². The lowest BCUT2D eigenvalue weighted by Gasteiger charge is -2.34. The molecular weight excluding hydrogens is 360 g/mol. The summed E-state index contributed by atoms with van der Waals surface area (Å²) in [5.41, 5.74) is 3.84. The highest BCUT2D eigenvalue weighted by atomic mass is 32.2. The highest BCUT2D eigenvalue weighted by Gasteiger charge is 2.30. The lowest BCUT2D eigenvalue weighted by atomic mass is 10.0. The number of aryl methyl sites for hydroxylation is 2. The molecule has 2 aromatic rings. The van der Waals surface area contributed by atoms with Crippen molar-refractivity contribution in [2.24, 2.45) is 0 Å². The van der Waals surface area contributed by atoms with E-state index in [1.165, 1.54) is 21.9 Å². The minimum atomic E-state index is -3.48. The topological polar surface area (TPSA) is 57.7 Å². The predicted octanol–water partition coefficient (Wildman–Crippen LogP) is 2.25. The molecule has 142 valence electrons. The highest BCUT2D eigenvalue weighted by Crippen LogP contribution is 2.23. The molecule has 1 heterocycles. The van der Waals surface area contributed by atoms with E-state index in [1.807, 2.05) is 0 Å². The van der Waals surface area contributed by atoms with E-state index in [0.29, 0.717) is 37.5 Å². The van der Waals surface area contributed by atoms with Crippen molar-refractivity contribution in [1.29, 1.82) is 0 Å². The molecule has 0 bridgehead atoms. The lowest BCUT2D eigenvalue weighted by molar-refractivity contribution is -0.131. The predicted molar refractivity (Wildman–Crippen MR) is 104 cm³/mol. The third kappa shape index (κ3) is 3.77. The summed E-state index contributed by atoms with van der Waals surface area (Å²) in [6.07, 6.45) is 3.83. The largest absolute Gasteiger partial charge is 0.340 e. The van der Waals surface area contributed by atoms with Crippen molar-refractivity contribution < 1.29 is 13.2 Å². The van der Waals surface area contributed by atoms with Gasteiger partial charge in [0.25, 0.3) is 0 Å². The molecule has 4 rings (SSSR count). The van der Waals surface area contributed by atoms with Crippen molar-refractivity contribution in [1.82, 2.24) is 9.21 Å². The molecule has 1 amide bonds. The van der Waals surface area contributed by atoms with Gasteiger partial charge in [-0.15, -0.1) is 0 Å². The molecule has 2 aromatic carbocycles. The number of fused-ring (bicyclic) bond motifs is 1. The number of amides is 1. The van der Waals surface area contributed by atoms with Crippen LogP contribution in [0.2, 0.25) is 0 Å². The van der Waals surface area contributed by atoms with Crippen molar-refractivity contribution in [3.8, 4) is 0 Å². The Bertz CT molecular complexity index is 933. The SMILES string of the molecule is O=C(Cc1ccc2c(c1)CCC2)N1CCN(S(=O)(=O)c2ccccc2)CC1. The minimum absolute atomic E-state index is 0.0738. The Balaban J connectivity index is 1.37. The Kier molecular flexibility index (Phi) is 5.02. The van der Waals surface area contributed by atoms with Gasteiger partial charge in [-0.25, -0.2) is 8.42 Å². The normalized spacial score (nSPS) is 17.7. The molecular formula is C21H24N2O3S. The molecule has 1 saturated heterocycles. The number of hydrogen-bond acceptors (Lipinski definition) is 3. The van der Waals surface area contributed by atoms with E-state index in [9.17, 15) is 13.2 Å². The van der Waals surface area contributed by atoms with Gasteiger partial charge in [0.05, 0.1) is 11.3 Å². The fourth-order valence-corrected chi connectivity index (χ4v) is 5.38.